The van der Waals surface area contributed by atoms with Crippen molar-refractivity contribution in [2.45, 2.75) is 263 Å². The number of benzene rings is 5. The van der Waals surface area contributed by atoms with Crippen molar-refractivity contribution in [3.05, 3.63) is 378 Å². The Morgan fingerprint density at radius 2 is 0.341 bits per heavy atom. The van der Waals surface area contributed by atoms with Gasteiger partial charge >= 0.3 is 0 Å². The topological polar surface area (TPSA) is 232 Å². The molecule has 15 heterocycles. The van der Waals surface area contributed by atoms with E-state index in [1.807, 2.05) is 531 Å². The van der Waals surface area contributed by atoms with E-state index in [0.717, 1.165) is 110 Å². The number of para-hydroxylation sites is 5. The van der Waals surface area contributed by atoms with Crippen LogP contribution in [0.3, 0.4) is 0 Å². The number of hydrogen-bond donors (Lipinski definition) is 0. The van der Waals surface area contributed by atoms with Crippen molar-refractivity contribution < 1.29 is 0 Å². The Labute approximate surface area is 835 Å². The van der Waals surface area contributed by atoms with Crippen LogP contribution in [0.15, 0.2) is 366 Å². The van der Waals surface area contributed by atoms with E-state index < -0.39 is 0 Å². The highest BCUT2D eigenvalue weighted by Crippen LogP contribution is 2.16. The number of pyridine rings is 12. The lowest BCUT2D eigenvalue weighted by atomic mass is 10.2. The van der Waals surface area contributed by atoms with E-state index in [1.165, 1.54) is 10.8 Å². The number of hydrogen-bond acceptors (Lipinski definition) is 18. The molecule has 15 aromatic heterocycles. The highest BCUT2D eigenvalue weighted by atomic mass is 14.9. The van der Waals surface area contributed by atoms with E-state index in [0.29, 0.717) is 0 Å². The fraction of sp³-hybridized carbons (Fsp3) is 0.317. The van der Waals surface area contributed by atoms with Gasteiger partial charge in [0, 0.05) is 142 Å². The third kappa shape index (κ3) is 60.9. The second-order valence-electron chi connectivity index (χ2n) is 21.7. The van der Waals surface area contributed by atoms with Crippen LogP contribution in [-0.2, 0) is 0 Å². The van der Waals surface area contributed by atoms with Crippen LogP contribution in [0.25, 0.3) is 110 Å². The number of aromatic nitrogens is 18. The molecule has 744 valence electrons. The SMILES string of the molecule is CC.CC.CC.CC.CC.CC.CC.CC.CC.CC.CC.CC.CC.CC.CC.CC.CC.CC.Cc1nc(C)c2ccccc2n1.c1ccc2ncccc2c1.c1ccc2ncccc2c1.c1ccc2ncncc2c1.c1ccc2ncncc2c1.c1cnc2cccnc2c1.c1cnc2cccnc2c1.c1cnc2ccncc2c1.c1cnc2ncccc2c1.c1cnc2ncccc2c1. The zero-order valence-electron chi connectivity index (χ0n) is 91.7. The Bertz CT molecular complexity index is 4320. The maximum Gasteiger partial charge on any atom is 0.159 e. The van der Waals surface area contributed by atoms with Gasteiger partial charge in [-0.1, -0.05) is 352 Å². The predicted molar refractivity (Wildman–Crippen MR) is 614 cm³/mol. The van der Waals surface area contributed by atoms with Gasteiger partial charge < -0.3 is 0 Å². The normalized spacial score (nSPS) is 8.22. The molecule has 0 aliphatic heterocycles. The first-order valence-electron chi connectivity index (χ1n) is 50.3. The fourth-order valence-electron chi connectivity index (χ4n) is 9.80. The average molecular weight is 1870 g/mol. The van der Waals surface area contributed by atoms with Gasteiger partial charge in [-0.25, -0.2) is 49.8 Å². The van der Waals surface area contributed by atoms with Crippen molar-refractivity contribution in [3.63, 3.8) is 0 Å². The Kier molecular flexibility index (Phi) is 109. The Morgan fingerprint density at radius 1 is 0.145 bits per heavy atom. The molecule has 138 heavy (non-hydrogen) atoms. The minimum absolute atomic E-state index is 0.810. The molecule has 0 radical (unpaired) electrons. The van der Waals surface area contributed by atoms with Gasteiger partial charge in [-0.15, -0.1) is 0 Å². The van der Waals surface area contributed by atoms with Gasteiger partial charge in [0.2, 0.25) is 0 Å². The molecule has 0 unspecified atom stereocenters. The molecule has 0 bridgehead atoms. The van der Waals surface area contributed by atoms with Crippen LogP contribution in [0, 0.1) is 13.8 Å². The first-order chi connectivity index (χ1) is 68.5. The minimum atomic E-state index is 0.810. The first kappa shape index (κ1) is 139. The number of nitrogens with zero attached hydrogens (tertiary/aromatic N) is 18. The maximum absolute atomic E-state index is 4.33. The van der Waals surface area contributed by atoms with E-state index in [4.69, 9.17) is 0 Å². The van der Waals surface area contributed by atoms with Crippen molar-refractivity contribution in [2.75, 3.05) is 0 Å². The van der Waals surface area contributed by atoms with Crippen LogP contribution < -0.4 is 0 Å². The Morgan fingerprint density at radius 3 is 0.616 bits per heavy atom. The Hall–Kier alpha value is -14.3. The summed E-state index contributed by atoms with van der Waals surface area (Å²) in [7, 11) is 0. The van der Waals surface area contributed by atoms with Gasteiger partial charge in [-0.2, -0.15) is 0 Å². The molecule has 0 saturated carbocycles. The fourth-order valence-corrected chi connectivity index (χ4v) is 9.80. The molecule has 0 amide bonds. The zero-order chi connectivity index (χ0) is 106. The van der Waals surface area contributed by atoms with E-state index in [2.05, 4.69) is 114 Å². The summed E-state index contributed by atoms with van der Waals surface area (Å²) in [5.74, 6) is 0.839. The largest absolute Gasteiger partial charge is 0.264 e. The Balaban J connectivity index is -0.000000219. The van der Waals surface area contributed by atoms with Crippen LogP contribution in [0.4, 0.5) is 0 Å². The standard InChI is InChI=1S/C10H10N2.2C9H7N.7C8H6N2.18C2H6/c1-7-9-5-3-4-6-10(9)12-8(2)11-7;2*1-2-6-9-8(4-1)5-3-7-10-9;2*1-3-7-8(9-5-1)4-2-6-10-7;2*1-3-7-4-2-6-10-8(7)9-5-1;1-2-7-6-9-5-3-8(7)10-4-1;2*1-2-4-8-7(3-1)5-9-6-10-8;18*1-2/h3-6H,1-2H3;2*1-7H;7*1-6H;18*1-2H3. The molecule has 0 atom stereocenters. The molecule has 0 saturated heterocycles. The van der Waals surface area contributed by atoms with Crippen LogP contribution in [0.2, 0.25) is 0 Å². The third-order valence-electron chi connectivity index (χ3n) is 14.7. The van der Waals surface area contributed by atoms with Gasteiger partial charge in [0.15, 0.2) is 11.3 Å². The summed E-state index contributed by atoms with van der Waals surface area (Å²) < 4.78 is 0. The number of fused-ring (bicyclic) bond motifs is 10. The van der Waals surface area contributed by atoms with Gasteiger partial charge in [0.05, 0.1) is 55.2 Å². The summed E-state index contributed by atoms with van der Waals surface area (Å²) in [6.07, 6.45) is 29.7. The van der Waals surface area contributed by atoms with Gasteiger partial charge in [-0.05, 0) is 172 Å². The summed E-state index contributed by atoms with van der Waals surface area (Å²) in [6.45, 7) is 75.9. The number of aryl methyl sites for hydroxylation is 2. The molecular weight excluding hydrogens is 1690 g/mol. The highest BCUT2D eigenvalue weighted by molar-refractivity contribution is 5.82. The van der Waals surface area contributed by atoms with Crippen molar-refractivity contribution in [1.29, 1.82) is 0 Å². The van der Waals surface area contributed by atoms with Crippen LogP contribution in [0.1, 0.15) is 261 Å². The lowest BCUT2D eigenvalue weighted by Gasteiger charge is -2.00. The highest BCUT2D eigenvalue weighted by Gasteiger charge is 2.00. The maximum atomic E-state index is 4.33. The van der Waals surface area contributed by atoms with Gasteiger partial charge in [0.1, 0.15) is 18.5 Å². The van der Waals surface area contributed by atoms with Crippen molar-refractivity contribution in [2.24, 2.45) is 0 Å². The molecule has 0 aliphatic carbocycles. The summed E-state index contributed by atoms with van der Waals surface area (Å²) in [5.41, 5.74) is 12.6. The molecule has 18 nitrogen and oxygen atoms in total. The summed E-state index contributed by atoms with van der Waals surface area (Å²) in [4.78, 5) is 73.8. The van der Waals surface area contributed by atoms with Gasteiger partial charge in [-0.3, -0.25) is 39.9 Å². The van der Waals surface area contributed by atoms with Crippen molar-refractivity contribution >= 4 is 110 Å². The summed E-state index contributed by atoms with van der Waals surface area (Å²) in [5, 5.41) is 8.98. The quantitative estimate of drug-likeness (QED) is 0.137. The molecule has 18 heteroatoms. The zero-order valence-corrected chi connectivity index (χ0v) is 91.7. The second kappa shape index (κ2) is 108. The molecule has 0 spiro atoms. The monoisotopic (exact) mass is 1870 g/mol. The molecule has 0 fully saturated rings. The molecule has 20 rings (SSSR count). The van der Waals surface area contributed by atoms with E-state index in [1.54, 1.807) is 74.6 Å². The molecule has 0 aliphatic rings. The third-order valence-corrected chi connectivity index (χ3v) is 14.7. The van der Waals surface area contributed by atoms with Gasteiger partial charge in [0.25, 0.3) is 0 Å². The van der Waals surface area contributed by atoms with E-state index in [-0.39, 0.29) is 0 Å². The van der Waals surface area contributed by atoms with Crippen LogP contribution in [0.5, 0.6) is 0 Å². The molecular formula is C120H174N18. The second-order valence-corrected chi connectivity index (χ2v) is 21.7. The smallest absolute Gasteiger partial charge is 0.159 e. The average Bonchev–Trinajstić information content (AvgIpc) is 0.822. The van der Waals surface area contributed by atoms with E-state index >= 15 is 0 Å². The molecule has 20 aromatic rings. The summed E-state index contributed by atoms with van der Waals surface area (Å²) in [6, 6.07) is 84.8. The first-order valence-corrected chi connectivity index (χ1v) is 50.3. The molecule has 5 aromatic carbocycles. The van der Waals surface area contributed by atoms with E-state index in [9.17, 15) is 0 Å². The van der Waals surface area contributed by atoms with Crippen molar-refractivity contribution in [3.8, 4) is 0 Å². The molecule has 0 N–H and O–H groups in total. The lowest BCUT2D eigenvalue weighted by Crippen LogP contribution is -1.92. The van der Waals surface area contributed by atoms with Crippen LogP contribution >= 0.6 is 0 Å². The number of rotatable bonds is 0. The predicted octanol–water partition coefficient (Wildman–Crippen LogP) is 36.6. The summed E-state index contributed by atoms with van der Waals surface area (Å²) >= 11 is 0. The minimum Gasteiger partial charge on any atom is -0.264 e. The van der Waals surface area contributed by atoms with Crippen molar-refractivity contribution in [1.82, 2.24) is 89.7 Å². The van der Waals surface area contributed by atoms with Crippen LogP contribution in [-0.4, -0.2) is 89.7 Å². The lowest BCUT2D eigenvalue weighted by molar-refractivity contribution is 1.05.